The number of hydrogen-bond donors (Lipinski definition) is 2. The highest BCUT2D eigenvalue weighted by Gasteiger charge is 2.56. The van der Waals surface area contributed by atoms with Gasteiger partial charge in [0.25, 0.3) is 0 Å². The van der Waals surface area contributed by atoms with E-state index >= 15 is 0 Å². The van der Waals surface area contributed by atoms with Crippen molar-refractivity contribution in [3.8, 4) is 5.75 Å². The molecule has 1 aliphatic carbocycles. The summed E-state index contributed by atoms with van der Waals surface area (Å²) < 4.78 is 5.20. The Morgan fingerprint density at radius 3 is 2.46 bits per heavy atom. The maximum atomic E-state index is 12.7. The second-order valence-electron chi connectivity index (χ2n) is 7.03. The zero-order valence-corrected chi connectivity index (χ0v) is 16.1. The van der Waals surface area contributed by atoms with Crippen LogP contribution < -0.4 is 15.4 Å². The molecule has 2 aromatic rings. The molecular formula is C22H24N2O4. The van der Waals surface area contributed by atoms with E-state index in [1.54, 1.807) is 31.4 Å². The van der Waals surface area contributed by atoms with E-state index in [2.05, 4.69) is 10.6 Å². The fourth-order valence-corrected chi connectivity index (χ4v) is 3.07. The summed E-state index contributed by atoms with van der Waals surface area (Å²) in [5, 5.41) is 5.65. The Kier molecular flexibility index (Phi) is 5.78. The number of methoxy groups -OCH3 is 1. The first-order chi connectivity index (χ1) is 13.4. The second kappa shape index (κ2) is 8.25. The maximum Gasteiger partial charge on any atom is 0.240 e. The van der Waals surface area contributed by atoms with Crippen LogP contribution in [0, 0.1) is 5.41 Å². The molecule has 2 amide bonds. The van der Waals surface area contributed by atoms with E-state index in [1.165, 1.54) is 6.92 Å². The predicted molar refractivity (Wildman–Crippen MR) is 106 cm³/mol. The van der Waals surface area contributed by atoms with E-state index < -0.39 is 5.41 Å². The SMILES string of the molecule is COc1cccc(CCNC(=O)C2(C(=O)Nc3cccc(C(C)=O)c3)CC2)c1. The number of Topliss-reactive ketones (excluding diaryl/α,β-unsaturated/α-hetero) is 1. The standard InChI is InChI=1S/C22H24N2O4/c1-15(25)17-6-4-7-18(14-17)24-21(27)22(10-11-22)20(26)23-12-9-16-5-3-8-19(13-16)28-2/h3-8,13-14H,9-12H2,1-2H3,(H,23,26)(H,24,27). The lowest BCUT2D eigenvalue weighted by Gasteiger charge is -2.16. The zero-order chi connectivity index (χ0) is 20.1. The lowest BCUT2D eigenvalue weighted by molar-refractivity contribution is -0.134. The third-order valence-electron chi connectivity index (χ3n) is 4.98. The number of anilines is 1. The molecule has 2 N–H and O–H groups in total. The molecule has 2 aromatic carbocycles. The highest BCUT2D eigenvalue weighted by Crippen LogP contribution is 2.46. The third-order valence-corrected chi connectivity index (χ3v) is 4.98. The van der Waals surface area contributed by atoms with Crippen LogP contribution in [0.2, 0.25) is 0 Å². The molecule has 0 unspecified atom stereocenters. The van der Waals surface area contributed by atoms with Crippen molar-refractivity contribution in [1.82, 2.24) is 5.32 Å². The van der Waals surface area contributed by atoms with Crippen molar-refractivity contribution >= 4 is 23.3 Å². The van der Waals surface area contributed by atoms with Crippen molar-refractivity contribution < 1.29 is 19.1 Å². The molecule has 0 spiro atoms. The minimum Gasteiger partial charge on any atom is -0.497 e. The molecule has 3 rings (SSSR count). The van der Waals surface area contributed by atoms with Crippen molar-refractivity contribution in [3.05, 3.63) is 59.7 Å². The first kappa shape index (κ1) is 19.6. The maximum absolute atomic E-state index is 12.7. The second-order valence-corrected chi connectivity index (χ2v) is 7.03. The third kappa shape index (κ3) is 4.39. The summed E-state index contributed by atoms with van der Waals surface area (Å²) in [6, 6.07) is 14.4. The molecular weight excluding hydrogens is 356 g/mol. The van der Waals surface area contributed by atoms with Gasteiger partial charge in [-0.2, -0.15) is 0 Å². The van der Waals surface area contributed by atoms with Crippen molar-refractivity contribution in [3.63, 3.8) is 0 Å². The number of rotatable bonds is 8. The number of amides is 2. The highest BCUT2D eigenvalue weighted by molar-refractivity contribution is 6.13. The van der Waals surface area contributed by atoms with E-state index in [9.17, 15) is 14.4 Å². The first-order valence-corrected chi connectivity index (χ1v) is 9.28. The Balaban J connectivity index is 1.56. The van der Waals surface area contributed by atoms with Crippen molar-refractivity contribution in [2.45, 2.75) is 26.2 Å². The van der Waals surface area contributed by atoms with Gasteiger partial charge in [0.15, 0.2) is 5.78 Å². The Bertz CT molecular complexity index is 903. The Morgan fingerprint density at radius 2 is 1.79 bits per heavy atom. The molecule has 146 valence electrons. The van der Waals surface area contributed by atoms with Crippen LogP contribution in [0.3, 0.4) is 0 Å². The van der Waals surface area contributed by atoms with E-state index in [0.29, 0.717) is 37.1 Å². The van der Waals surface area contributed by atoms with Gasteiger partial charge in [0, 0.05) is 17.8 Å². The number of carbonyl (C=O) groups excluding carboxylic acids is 3. The minimum absolute atomic E-state index is 0.0764. The van der Waals surface area contributed by atoms with Gasteiger partial charge < -0.3 is 15.4 Å². The van der Waals surface area contributed by atoms with Crippen LogP contribution in [0.25, 0.3) is 0 Å². The number of hydrogen-bond acceptors (Lipinski definition) is 4. The van der Waals surface area contributed by atoms with Gasteiger partial charge in [-0.3, -0.25) is 14.4 Å². The zero-order valence-electron chi connectivity index (χ0n) is 16.1. The highest BCUT2D eigenvalue weighted by atomic mass is 16.5. The summed E-state index contributed by atoms with van der Waals surface area (Å²) in [6.45, 7) is 1.92. The molecule has 28 heavy (non-hydrogen) atoms. The summed E-state index contributed by atoms with van der Waals surface area (Å²) in [5.41, 5.74) is 1.08. The number of ketones is 1. The first-order valence-electron chi connectivity index (χ1n) is 9.28. The van der Waals surface area contributed by atoms with Crippen LogP contribution in [0.1, 0.15) is 35.7 Å². The molecule has 0 aliphatic heterocycles. The lowest BCUT2D eigenvalue weighted by atomic mass is 10.0. The molecule has 6 nitrogen and oxygen atoms in total. The molecule has 1 fully saturated rings. The number of carbonyl (C=O) groups is 3. The molecule has 0 bridgehead atoms. The van der Waals surface area contributed by atoms with Crippen LogP contribution >= 0.6 is 0 Å². The average Bonchev–Trinajstić information content (AvgIpc) is 3.50. The Hall–Kier alpha value is -3.15. The van der Waals surface area contributed by atoms with Crippen molar-refractivity contribution in [2.24, 2.45) is 5.41 Å². The molecule has 6 heteroatoms. The van der Waals surface area contributed by atoms with Gasteiger partial charge in [0.1, 0.15) is 11.2 Å². The molecule has 0 radical (unpaired) electrons. The smallest absolute Gasteiger partial charge is 0.240 e. The topological polar surface area (TPSA) is 84.5 Å². The van der Waals surface area contributed by atoms with E-state index in [1.807, 2.05) is 24.3 Å². The van der Waals surface area contributed by atoms with E-state index in [-0.39, 0.29) is 17.6 Å². The van der Waals surface area contributed by atoms with Gasteiger partial charge >= 0.3 is 0 Å². The van der Waals surface area contributed by atoms with E-state index in [4.69, 9.17) is 4.74 Å². The van der Waals surface area contributed by atoms with Crippen molar-refractivity contribution in [1.29, 1.82) is 0 Å². The van der Waals surface area contributed by atoms with Gasteiger partial charge in [0.2, 0.25) is 11.8 Å². The number of ether oxygens (including phenoxy) is 1. The van der Waals surface area contributed by atoms with Crippen LogP contribution in [0.4, 0.5) is 5.69 Å². The van der Waals surface area contributed by atoms with Gasteiger partial charge in [-0.05, 0) is 56.0 Å². The summed E-state index contributed by atoms with van der Waals surface area (Å²) in [4.78, 5) is 36.8. The normalized spacial score (nSPS) is 14.1. The largest absolute Gasteiger partial charge is 0.497 e. The van der Waals surface area contributed by atoms with Crippen molar-refractivity contribution in [2.75, 3.05) is 19.0 Å². The van der Waals surface area contributed by atoms with E-state index in [0.717, 1.165) is 11.3 Å². The molecule has 1 aliphatic rings. The fraction of sp³-hybridized carbons (Fsp3) is 0.318. The molecule has 0 atom stereocenters. The van der Waals surface area contributed by atoms with Crippen LogP contribution in [0.15, 0.2) is 48.5 Å². The monoisotopic (exact) mass is 380 g/mol. The van der Waals surface area contributed by atoms with Crippen LogP contribution in [0.5, 0.6) is 5.75 Å². The average molecular weight is 380 g/mol. The summed E-state index contributed by atoms with van der Waals surface area (Å²) in [5.74, 6) is 0.116. The Morgan fingerprint density at radius 1 is 1.04 bits per heavy atom. The van der Waals surface area contributed by atoms with Crippen LogP contribution in [-0.2, 0) is 16.0 Å². The molecule has 1 saturated carbocycles. The van der Waals surface area contributed by atoms with Gasteiger partial charge in [-0.25, -0.2) is 0 Å². The number of benzene rings is 2. The lowest BCUT2D eigenvalue weighted by Crippen LogP contribution is -2.40. The summed E-state index contributed by atoms with van der Waals surface area (Å²) >= 11 is 0. The molecule has 0 saturated heterocycles. The minimum atomic E-state index is -1.01. The Labute approximate surface area is 164 Å². The van der Waals surface area contributed by atoms with Gasteiger partial charge in [0.05, 0.1) is 7.11 Å². The fourth-order valence-electron chi connectivity index (χ4n) is 3.07. The quantitative estimate of drug-likeness (QED) is 0.545. The predicted octanol–water partition coefficient (Wildman–Crippen LogP) is 2.98. The number of nitrogens with one attached hydrogen (secondary N) is 2. The van der Waals surface area contributed by atoms with Gasteiger partial charge in [-0.15, -0.1) is 0 Å². The molecule has 0 aromatic heterocycles. The molecule has 0 heterocycles. The van der Waals surface area contributed by atoms with Crippen LogP contribution in [-0.4, -0.2) is 31.3 Å². The summed E-state index contributed by atoms with van der Waals surface area (Å²) in [6.07, 6.45) is 1.70. The summed E-state index contributed by atoms with van der Waals surface area (Å²) in [7, 11) is 1.61. The van der Waals surface area contributed by atoms with Gasteiger partial charge in [-0.1, -0.05) is 24.3 Å².